The number of nitro benzene ring substituents is 1. The number of para-hydroxylation sites is 1. The minimum atomic E-state index is -0.612. The van der Waals surface area contributed by atoms with Crippen molar-refractivity contribution >= 4 is 11.7 Å². The van der Waals surface area contributed by atoms with Gasteiger partial charge in [-0.05, 0) is 19.9 Å². The third-order valence-electron chi connectivity index (χ3n) is 2.70. The van der Waals surface area contributed by atoms with Gasteiger partial charge < -0.3 is 9.26 Å². The van der Waals surface area contributed by atoms with Crippen molar-refractivity contribution in [2.24, 2.45) is 0 Å². The molecular weight excluding hydrogens is 264 g/mol. The van der Waals surface area contributed by atoms with E-state index in [1.165, 1.54) is 12.1 Å². The summed E-state index contributed by atoms with van der Waals surface area (Å²) in [6, 6.07) is 6.02. The van der Waals surface area contributed by atoms with E-state index in [2.05, 4.69) is 5.16 Å². The summed E-state index contributed by atoms with van der Waals surface area (Å²) in [5, 5.41) is 14.8. The summed E-state index contributed by atoms with van der Waals surface area (Å²) < 4.78 is 9.90. The van der Waals surface area contributed by atoms with Gasteiger partial charge >= 0.3 is 5.97 Å². The molecular formula is C13H12N2O5. The smallest absolute Gasteiger partial charge is 0.344 e. The topological polar surface area (TPSA) is 95.5 Å². The van der Waals surface area contributed by atoms with Crippen LogP contribution >= 0.6 is 0 Å². The Labute approximate surface area is 114 Å². The summed E-state index contributed by atoms with van der Waals surface area (Å²) in [5.74, 6) is -0.351. The van der Waals surface area contributed by atoms with Gasteiger partial charge in [0.05, 0.1) is 17.1 Å². The normalized spacial score (nSPS) is 10.3. The Morgan fingerprint density at radius 1 is 1.45 bits per heavy atom. The van der Waals surface area contributed by atoms with Crippen molar-refractivity contribution in [2.75, 3.05) is 6.61 Å². The fourth-order valence-electron chi connectivity index (χ4n) is 1.83. The summed E-state index contributed by atoms with van der Waals surface area (Å²) in [5.41, 5.74) is 0.304. The maximum Gasteiger partial charge on any atom is 0.344 e. The first-order valence-electron chi connectivity index (χ1n) is 5.93. The minimum Gasteiger partial charge on any atom is -0.462 e. The summed E-state index contributed by atoms with van der Waals surface area (Å²) >= 11 is 0. The summed E-state index contributed by atoms with van der Waals surface area (Å²) in [7, 11) is 0. The van der Waals surface area contributed by atoms with E-state index in [-0.39, 0.29) is 34.9 Å². The maximum absolute atomic E-state index is 11.9. The Hall–Kier alpha value is -2.70. The summed E-state index contributed by atoms with van der Waals surface area (Å²) in [6.07, 6.45) is 0. The second-order valence-electron chi connectivity index (χ2n) is 3.96. The van der Waals surface area contributed by atoms with Crippen LogP contribution in [0.1, 0.15) is 23.0 Å². The van der Waals surface area contributed by atoms with Gasteiger partial charge in [0.2, 0.25) is 0 Å². The lowest BCUT2D eigenvalue weighted by atomic mass is 10.0. The number of hydrogen-bond donors (Lipinski definition) is 0. The zero-order valence-corrected chi connectivity index (χ0v) is 11.0. The van der Waals surface area contributed by atoms with Gasteiger partial charge in [-0.2, -0.15) is 0 Å². The average Bonchev–Trinajstić information content (AvgIpc) is 2.80. The summed E-state index contributed by atoms with van der Waals surface area (Å²) in [6.45, 7) is 3.42. The molecule has 20 heavy (non-hydrogen) atoms. The number of carbonyl (C=O) groups is 1. The zero-order chi connectivity index (χ0) is 14.7. The van der Waals surface area contributed by atoms with E-state index in [4.69, 9.17) is 9.26 Å². The maximum atomic E-state index is 11.9. The first-order chi connectivity index (χ1) is 9.56. The second kappa shape index (κ2) is 5.52. The molecule has 0 spiro atoms. The lowest BCUT2D eigenvalue weighted by Gasteiger charge is -2.03. The molecule has 0 atom stereocenters. The van der Waals surface area contributed by atoms with Crippen LogP contribution < -0.4 is 0 Å². The molecule has 0 N–H and O–H groups in total. The molecule has 0 amide bonds. The Balaban J connectivity index is 2.60. The molecule has 1 heterocycles. The van der Waals surface area contributed by atoms with E-state index in [0.717, 1.165) is 0 Å². The van der Waals surface area contributed by atoms with E-state index < -0.39 is 10.9 Å². The van der Waals surface area contributed by atoms with Crippen molar-refractivity contribution in [1.29, 1.82) is 0 Å². The largest absolute Gasteiger partial charge is 0.462 e. The van der Waals surface area contributed by atoms with Crippen LogP contribution in [-0.4, -0.2) is 22.7 Å². The van der Waals surface area contributed by atoms with Crippen molar-refractivity contribution < 1.29 is 19.0 Å². The molecule has 1 aromatic heterocycles. The van der Waals surface area contributed by atoms with Crippen LogP contribution in [0, 0.1) is 17.0 Å². The van der Waals surface area contributed by atoms with Crippen LogP contribution in [0.3, 0.4) is 0 Å². The molecule has 0 unspecified atom stereocenters. The molecule has 2 rings (SSSR count). The molecule has 0 radical (unpaired) electrons. The molecule has 0 aliphatic rings. The summed E-state index contributed by atoms with van der Waals surface area (Å²) in [4.78, 5) is 22.4. The molecule has 7 heteroatoms. The molecule has 1 aromatic carbocycles. The van der Waals surface area contributed by atoms with Gasteiger partial charge in [0, 0.05) is 6.07 Å². The van der Waals surface area contributed by atoms with E-state index >= 15 is 0 Å². The van der Waals surface area contributed by atoms with Crippen molar-refractivity contribution in [2.45, 2.75) is 13.8 Å². The average molecular weight is 276 g/mol. The number of hydrogen-bond acceptors (Lipinski definition) is 6. The zero-order valence-electron chi connectivity index (χ0n) is 11.0. The van der Waals surface area contributed by atoms with Gasteiger partial charge in [-0.25, -0.2) is 4.79 Å². The number of nitrogens with zero attached hydrogens (tertiary/aromatic N) is 2. The first kappa shape index (κ1) is 13.7. The fraction of sp³-hybridized carbons (Fsp3) is 0.231. The van der Waals surface area contributed by atoms with E-state index in [1.807, 2.05) is 0 Å². The van der Waals surface area contributed by atoms with Crippen LogP contribution in [-0.2, 0) is 4.74 Å². The Bertz CT molecular complexity index is 663. The first-order valence-corrected chi connectivity index (χ1v) is 5.93. The van der Waals surface area contributed by atoms with Crippen LogP contribution in [0.25, 0.3) is 11.3 Å². The standard InChI is InChI=1S/C13H12N2O5/c1-3-19-13(16)11-8(2)20-14-12(11)9-6-4-5-7-10(9)15(17)18/h4-7H,3H2,1-2H3. The van der Waals surface area contributed by atoms with Gasteiger partial charge in [0.25, 0.3) is 5.69 Å². The van der Waals surface area contributed by atoms with Gasteiger partial charge in [0.15, 0.2) is 0 Å². The molecule has 7 nitrogen and oxygen atoms in total. The predicted octanol–water partition coefficient (Wildman–Crippen LogP) is 2.73. The number of esters is 1. The lowest BCUT2D eigenvalue weighted by Crippen LogP contribution is -2.07. The number of aromatic nitrogens is 1. The molecule has 0 saturated heterocycles. The SMILES string of the molecule is CCOC(=O)c1c(-c2ccccc2[N+](=O)[O-])noc1C. The van der Waals surface area contributed by atoms with Crippen LogP contribution in [0.4, 0.5) is 5.69 Å². The lowest BCUT2D eigenvalue weighted by molar-refractivity contribution is -0.384. The fourth-order valence-corrected chi connectivity index (χ4v) is 1.83. The van der Waals surface area contributed by atoms with Crippen LogP contribution in [0.2, 0.25) is 0 Å². The predicted molar refractivity (Wildman–Crippen MR) is 69.3 cm³/mol. The van der Waals surface area contributed by atoms with Crippen molar-refractivity contribution in [3.8, 4) is 11.3 Å². The quantitative estimate of drug-likeness (QED) is 0.484. The Kier molecular flexibility index (Phi) is 3.79. The van der Waals surface area contributed by atoms with E-state index in [9.17, 15) is 14.9 Å². The highest BCUT2D eigenvalue weighted by atomic mass is 16.6. The number of rotatable bonds is 4. The molecule has 2 aromatic rings. The number of nitro groups is 1. The van der Waals surface area contributed by atoms with Crippen LogP contribution in [0.15, 0.2) is 28.8 Å². The van der Waals surface area contributed by atoms with Crippen molar-refractivity contribution in [3.05, 3.63) is 45.7 Å². The highest BCUT2D eigenvalue weighted by Crippen LogP contribution is 2.32. The van der Waals surface area contributed by atoms with Gasteiger partial charge in [-0.1, -0.05) is 17.3 Å². The second-order valence-corrected chi connectivity index (χ2v) is 3.96. The molecule has 0 fully saturated rings. The Morgan fingerprint density at radius 2 is 2.15 bits per heavy atom. The van der Waals surface area contributed by atoms with Gasteiger partial charge in [0.1, 0.15) is 17.0 Å². The number of benzene rings is 1. The van der Waals surface area contributed by atoms with Crippen molar-refractivity contribution in [3.63, 3.8) is 0 Å². The van der Waals surface area contributed by atoms with E-state index in [1.54, 1.807) is 26.0 Å². The van der Waals surface area contributed by atoms with E-state index in [0.29, 0.717) is 0 Å². The number of aryl methyl sites for hydroxylation is 1. The number of ether oxygens (including phenoxy) is 1. The van der Waals surface area contributed by atoms with Crippen LogP contribution in [0.5, 0.6) is 0 Å². The third kappa shape index (κ3) is 2.37. The highest BCUT2D eigenvalue weighted by Gasteiger charge is 2.27. The molecule has 0 aliphatic heterocycles. The monoisotopic (exact) mass is 276 g/mol. The van der Waals surface area contributed by atoms with Crippen molar-refractivity contribution in [1.82, 2.24) is 5.16 Å². The Morgan fingerprint density at radius 3 is 2.80 bits per heavy atom. The van der Waals surface area contributed by atoms with Gasteiger partial charge in [-0.3, -0.25) is 10.1 Å². The highest BCUT2D eigenvalue weighted by molar-refractivity contribution is 5.98. The molecule has 0 aliphatic carbocycles. The number of carbonyl (C=O) groups excluding carboxylic acids is 1. The van der Waals surface area contributed by atoms with Gasteiger partial charge in [-0.15, -0.1) is 0 Å². The molecule has 0 bridgehead atoms. The third-order valence-corrected chi connectivity index (χ3v) is 2.70. The molecule has 104 valence electrons. The minimum absolute atomic E-state index is 0.112. The molecule has 0 saturated carbocycles.